The van der Waals surface area contributed by atoms with Crippen LogP contribution < -0.4 is 0 Å². The van der Waals surface area contributed by atoms with Crippen LogP contribution in [0.1, 0.15) is 60.8 Å². The van der Waals surface area contributed by atoms with E-state index in [1.165, 1.54) is 13.8 Å². The highest BCUT2D eigenvalue weighted by atomic mass is 16.6. The Hall–Kier alpha value is -1.38. The largest absolute Gasteiger partial charge is 0.470 e. The number of esters is 2. The summed E-state index contributed by atoms with van der Waals surface area (Å²) >= 11 is 0. The van der Waals surface area contributed by atoms with Gasteiger partial charge in [0.1, 0.15) is 28.1 Å². The minimum Gasteiger partial charge on any atom is -0.470 e. The van der Waals surface area contributed by atoms with E-state index in [1.807, 2.05) is 6.92 Å². The molecule has 0 aromatic carbocycles. The molecule has 0 amide bonds. The Bertz CT molecular complexity index is 418. The first kappa shape index (κ1) is 31.3. The molecule has 0 aliphatic carbocycles. The van der Waals surface area contributed by atoms with Crippen molar-refractivity contribution in [3.8, 4) is 0 Å². The fourth-order valence-electron chi connectivity index (χ4n) is 1.66. The molecular weight excluding hydrogens is 366 g/mol. The predicted molar refractivity (Wildman–Crippen MR) is 107 cm³/mol. The second-order valence-corrected chi connectivity index (χ2v) is 6.05. The van der Waals surface area contributed by atoms with E-state index >= 15 is 0 Å². The predicted octanol–water partition coefficient (Wildman–Crippen LogP) is 0.222. The van der Waals surface area contributed by atoms with Crippen LogP contribution in [0.25, 0.3) is 0 Å². The van der Waals surface area contributed by atoms with Crippen molar-refractivity contribution >= 4 is 33.9 Å². The van der Waals surface area contributed by atoms with Gasteiger partial charge in [-0.05, 0) is 26.2 Å². The number of hydrogen-bond donors (Lipinski definition) is 3. The first-order valence-electron chi connectivity index (χ1n) is 9.22. The molecule has 0 saturated carbocycles. The fourth-order valence-corrected chi connectivity index (χ4v) is 1.66. The summed E-state index contributed by atoms with van der Waals surface area (Å²) in [7, 11) is 10.3. The van der Waals surface area contributed by atoms with Gasteiger partial charge >= 0.3 is 11.9 Å². The Morgan fingerprint density at radius 1 is 0.929 bits per heavy atom. The van der Waals surface area contributed by atoms with E-state index in [4.69, 9.17) is 31.0 Å². The molecule has 4 radical (unpaired) electrons. The third-order valence-corrected chi connectivity index (χ3v) is 3.47. The summed E-state index contributed by atoms with van der Waals surface area (Å²) in [6.07, 6.45) is 0.705. The van der Waals surface area contributed by atoms with E-state index in [0.717, 1.165) is 12.7 Å². The number of aliphatic hydroxyl groups is 3. The normalized spacial score (nSPS) is 16.3. The van der Waals surface area contributed by atoms with Gasteiger partial charge in [-0.3, -0.25) is 9.59 Å². The van der Waals surface area contributed by atoms with E-state index in [2.05, 4.69) is 9.47 Å². The van der Waals surface area contributed by atoms with Gasteiger partial charge < -0.3 is 29.6 Å². The highest BCUT2D eigenvalue weighted by Gasteiger charge is 2.14. The molecule has 6 unspecified atom stereocenters. The Kier molecular flexibility index (Phi) is 21.2. The van der Waals surface area contributed by atoms with Gasteiger partial charge in [0.25, 0.3) is 0 Å². The van der Waals surface area contributed by atoms with Crippen LogP contribution >= 0.6 is 0 Å². The van der Waals surface area contributed by atoms with Crippen LogP contribution in [0.4, 0.5) is 0 Å². The van der Waals surface area contributed by atoms with Crippen LogP contribution in [0, 0.1) is 5.92 Å². The summed E-state index contributed by atoms with van der Waals surface area (Å²) < 4.78 is 9.14. The Morgan fingerprint density at radius 2 is 1.39 bits per heavy atom. The van der Waals surface area contributed by atoms with Crippen molar-refractivity contribution in [2.45, 2.75) is 91.1 Å². The number of aldehydes is 1. The molecule has 0 aromatic rings. The number of rotatable bonds is 9. The summed E-state index contributed by atoms with van der Waals surface area (Å²) in [5.41, 5.74) is 0. The fraction of sp³-hybridized carbons (Fsp3) is 0.833. The van der Waals surface area contributed by atoms with Gasteiger partial charge in [0.05, 0.1) is 18.2 Å². The Labute approximate surface area is 170 Å². The van der Waals surface area contributed by atoms with E-state index in [0.29, 0.717) is 12.8 Å². The van der Waals surface area contributed by atoms with Crippen LogP contribution in [0.3, 0.4) is 0 Å². The average Bonchev–Trinajstić information content (AvgIpc) is 2.59. The molecule has 3 N–H and O–H groups in total. The van der Waals surface area contributed by atoms with Gasteiger partial charge in [0.2, 0.25) is 0 Å². The minimum atomic E-state index is -1.08. The standard InChI is InChI=1S/2C6H11BO3.C6H12O2/c1-3-5(6(7)9)10-4(2)8;1-3-5(9)6(7)10-4(2)8;1-3-6(4-7)5(2)8/h2*5-6,9H,3H2,1-2H3;4-6,8H,3H2,1-2H3. The highest BCUT2D eigenvalue weighted by Crippen LogP contribution is 2.03. The minimum absolute atomic E-state index is 0.171. The molecule has 6 atom stereocenters. The number of carbonyl (C=O) groups is 3. The zero-order chi connectivity index (χ0) is 22.9. The molecule has 0 fully saturated rings. The summed E-state index contributed by atoms with van der Waals surface area (Å²) in [5, 5.41) is 26.5. The Balaban J connectivity index is -0.000000337. The molecule has 0 heterocycles. The third-order valence-electron chi connectivity index (χ3n) is 3.47. The maximum atomic E-state index is 10.3. The SMILES string of the molecule is CCC(C=O)C(C)O.[B]C(O)C(CC)OC(C)=O.[B]C(OC(C)=O)C(O)CC. The number of aliphatic hydroxyl groups excluding tert-OH is 3. The van der Waals surface area contributed by atoms with Gasteiger partial charge in [-0.15, -0.1) is 0 Å². The topological polar surface area (TPSA) is 130 Å². The van der Waals surface area contributed by atoms with Crippen molar-refractivity contribution in [2.24, 2.45) is 5.92 Å². The first-order chi connectivity index (χ1) is 12.9. The first-order valence-corrected chi connectivity index (χ1v) is 9.22. The lowest BCUT2D eigenvalue weighted by Gasteiger charge is -2.17. The maximum absolute atomic E-state index is 10.3. The van der Waals surface area contributed by atoms with Gasteiger partial charge in [0.15, 0.2) is 0 Å². The molecule has 0 aliphatic heterocycles. The molecule has 0 saturated heterocycles. The molecule has 8 nitrogen and oxygen atoms in total. The summed E-state index contributed by atoms with van der Waals surface area (Å²) in [6, 6.07) is -1.96. The van der Waals surface area contributed by atoms with Gasteiger partial charge in [0, 0.05) is 25.8 Å². The van der Waals surface area contributed by atoms with Gasteiger partial charge in [-0.2, -0.15) is 0 Å². The number of ether oxygens (including phenoxy) is 2. The van der Waals surface area contributed by atoms with Crippen molar-refractivity contribution in [2.75, 3.05) is 0 Å². The zero-order valence-electron chi connectivity index (χ0n) is 17.7. The average molecular weight is 400 g/mol. The quantitative estimate of drug-likeness (QED) is 0.285. The lowest BCUT2D eigenvalue weighted by Crippen LogP contribution is -2.30. The maximum Gasteiger partial charge on any atom is 0.302 e. The third kappa shape index (κ3) is 19.4. The molecular formula is C18H34B2O8. The molecule has 10 heteroatoms. The summed E-state index contributed by atoms with van der Waals surface area (Å²) in [5.74, 6) is -1.06. The lowest BCUT2D eigenvalue weighted by molar-refractivity contribution is -0.150. The van der Waals surface area contributed by atoms with Gasteiger partial charge in [-0.25, -0.2) is 0 Å². The lowest BCUT2D eigenvalue weighted by atomic mass is 9.93. The van der Waals surface area contributed by atoms with Crippen molar-refractivity contribution in [1.82, 2.24) is 0 Å². The van der Waals surface area contributed by atoms with Crippen molar-refractivity contribution in [3.63, 3.8) is 0 Å². The molecule has 0 bridgehead atoms. The van der Waals surface area contributed by atoms with Crippen molar-refractivity contribution < 1.29 is 39.2 Å². The van der Waals surface area contributed by atoms with Crippen LogP contribution in [0.15, 0.2) is 0 Å². The zero-order valence-corrected chi connectivity index (χ0v) is 17.7. The molecule has 0 aliphatic rings. The van der Waals surface area contributed by atoms with E-state index < -0.39 is 42.3 Å². The molecule has 0 rings (SSSR count). The second kappa shape index (κ2) is 19.0. The summed E-state index contributed by atoms with van der Waals surface area (Å²) in [6.45, 7) is 9.58. The molecule has 28 heavy (non-hydrogen) atoms. The Morgan fingerprint density at radius 3 is 1.54 bits per heavy atom. The smallest absolute Gasteiger partial charge is 0.302 e. The number of hydrogen-bond acceptors (Lipinski definition) is 8. The van der Waals surface area contributed by atoms with Crippen LogP contribution in [-0.4, -0.2) is 79.6 Å². The molecule has 0 spiro atoms. The summed E-state index contributed by atoms with van der Waals surface area (Å²) in [4.78, 5) is 30.6. The van der Waals surface area contributed by atoms with Crippen LogP contribution in [0.5, 0.6) is 0 Å². The van der Waals surface area contributed by atoms with Crippen molar-refractivity contribution in [1.29, 1.82) is 0 Å². The van der Waals surface area contributed by atoms with E-state index in [-0.39, 0.29) is 5.92 Å². The number of carbonyl (C=O) groups excluding carboxylic acids is 3. The highest BCUT2D eigenvalue weighted by molar-refractivity contribution is 6.12. The molecule has 160 valence electrons. The van der Waals surface area contributed by atoms with Crippen molar-refractivity contribution in [3.05, 3.63) is 0 Å². The van der Waals surface area contributed by atoms with Crippen LogP contribution in [-0.2, 0) is 23.9 Å². The van der Waals surface area contributed by atoms with Crippen LogP contribution in [0.2, 0.25) is 0 Å². The van der Waals surface area contributed by atoms with E-state index in [1.54, 1.807) is 20.8 Å². The molecule has 0 aromatic heterocycles. The monoisotopic (exact) mass is 400 g/mol. The van der Waals surface area contributed by atoms with E-state index in [9.17, 15) is 14.4 Å². The second-order valence-electron chi connectivity index (χ2n) is 6.05. The van der Waals surface area contributed by atoms with Gasteiger partial charge in [-0.1, -0.05) is 20.8 Å².